The molecule has 1 aromatic carbocycles. The lowest BCUT2D eigenvalue weighted by molar-refractivity contribution is 0.0913. The number of hydrogen-bond acceptors (Lipinski definition) is 5. The molecule has 0 atom stereocenters. The van der Waals surface area contributed by atoms with Crippen LogP contribution in [0.4, 0.5) is 0 Å². The Kier molecular flexibility index (Phi) is 8.29. The first-order valence-electron chi connectivity index (χ1n) is 7.01. The molecule has 0 spiro atoms. The van der Waals surface area contributed by atoms with Crippen LogP contribution in [-0.4, -0.2) is 46.5 Å². The number of benzene rings is 1. The van der Waals surface area contributed by atoms with Crippen molar-refractivity contribution in [2.45, 2.75) is 24.7 Å². The van der Waals surface area contributed by atoms with Crippen molar-refractivity contribution in [3.63, 3.8) is 0 Å². The maximum atomic E-state index is 12.0. The summed E-state index contributed by atoms with van der Waals surface area (Å²) in [5.74, 6) is 0.660. The predicted octanol–water partition coefficient (Wildman–Crippen LogP) is 1.15. The molecule has 120 valence electrons. The molecule has 0 heterocycles. The molecule has 0 aliphatic heterocycles. The van der Waals surface area contributed by atoms with E-state index in [1.165, 1.54) is 12.1 Å². The van der Waals surface area contributed by atoms with E-state index in [-0.39, 0.29) is 18.1 Å². The largest absolute Gasteiger partial charge is 0.494 e. The van der Waals surface area contributed by atoms with E-state index in [0.29, 0.717) is 31.9 Å². The molecular formula is C14H23NO5S. The quantitative estimate of drug-likeness (QED) is 0.598. The molecule has 0 aliphatic carbocycles. The minimum absolute atomic E-state index is 0.0296. The number of rotatable bonds is 11. The Morgan fingerprint density at radius 2 is 1.86 bits per heavy atom. The highest BCUT2D eigenvalue weighted by molar-refractivity contribution is 7.89. The Hall–Kier alpha value is -1.15. The number of ether oxygens (including phenoxy) is 2. The van der Waals surface area contributed by atoms with Crippen LogP contribution in [0.25, 0.3) is 0 Å². The summed E-state index contributed by atoms with van der Waals surface area (Å²) in [6.45, 7) is 3.56. The van der Waals surface area contributed by atoms with Gasteiger partial charge >= 0.3 is 0 Å². The fourth-order valence-electron chi connectivity index (χ4n) is 1.57. The molecule has 0 saturated heterocycles. The lowest BCUT2D eigenvalue weighted by Crippen LogP contribution is -2.25. The molecule has 0 radical (unpaired) electrons. The first-order chi connectivity index (χ1) is 10.1. The van der Waals surface area contributed by atoms with E-state index in [1.54, 1.807) is 12.1 Å². The normalized spacial score (nSPS) is 11.5. The Morgan fingerprint density at radius 1 is 1.14 bits per heavy atom. The summed E-state index contributed by atoms with van der Waals surface area (Å²) in [7, 11) is -3.50. The average Bonchev–Trinajstić information content (AvgIpc) is 2.49. The van der Waals surface area contributed by atoms with E-state index in [2.05, 4.69) is 4.72 Å². The van der Waals surface area contributed by atoms with Crippen molar-refractivity contribution in [1.82, 2.24) is 4.72 Å². The molecule has 21 heavy (non-hydrogen) atoms. The molecule has 0 saturated carbocycles. The van der Waals surface area contributed by atoms with E-state index in [4.69, 9.17) is 14.6 Å². The van der Waals surface area contributed by atoms with Crippen molar-refractivity contribution < 1.29 is 23.0 Å². The van der Waals surface area contributed by atoms with E-state index < -0.39 is 10.0 Å². The maximum absolute atomic E-state index is 12.0. The topological polar surface area (TPSA) is 84.9 Å². The van der Waals surface area contributed by atoms with Gasteiger partial charge in [0.05, 0.1) is 24.7 Å². The van der Waals surface area contributed by atoms with Crippen LogP contribution in [0.2, 0.25) is 0 Å². The molecule has 7 heteroatoms. The van der Waals surface area contributed by atoms with Crippen LogP contribution in [0, 0.1) is 0 Å². The fourth-order valence-corrected chi connectivity index (χ4v) is 2.64. The van der Waals surface area contributed by atoms with Gasteiger partial charge in [0.1, 0.15) is 5.75 Å². The van der Waals surface area contributed by atoms with Crippen molar-refractivity contribution in [2.75, 3.05) is 33.0 Å². The van der Waals surface area contributed by atoms with Crippen LogP contribution in [0.15, 0.2) is 29.2 Å². The minimum Gasteiger partial charge on any atom is -0.494 e. The third kappa shape index (κ3) is 6.90. The third-order valence-electron chi connectivity index (χ3n) is 2.60. The molecule has 0 amide bonds. The highest BCUT2D eigenvalue weighted by atomic mass is 32.2. The molecule has 2 N–H and O–H groups in total. The molecule has 0 fully saturated rings. The zero-order valence-corrected chi connectivity index (χ0v) is 13.1. The Labute approximate surface area is 126 Å². The number of hydrogen-bond donors (Lipinski definition) is 2. The second kappa shape index (κ2) is 9.73. The molecule has 0 aliphatic rings. The second-order valence-electron chi connectivity index (χ2n) is 4.41. The Morgan fingerprint density at radius 3 is 2.48 bits per heavy atom. The summed E-state index contributed by atoms with van der Waals surface area (Å²) in [6, 6.07) is 6.34. The van der Waals surface area contributed by atoms with Gasteiger partial charge in [0.25, 0.3) is 0 Å². The van der Waals surface area contributed by atoms with Gasteiger partial charge in [-0.3, -0.25) is 0 Å². The van der Waals surface area contributed by atoms with Crippen molar-refractivity contribution in [2.24, 2.45) is 0 Å². The van der Waals surface area contributed by atoms with Gasteiger partial charge in [0, 0.05) is 13.2 Å². The van der Waals surface area contributed by atoms with Gasteiger partial charge in [0.2, 0.25) is 10.0 Å². The Bertz CT molecular complexity index is 487. The van der Waals surface area contributed by atoms with Crippen LogP contribution < -0.4 is 9.46 Å². The van der Waals surface area contributed by atoms with Crippen molar-refractivity contribution >= 4 is 10.0 Å². The first kappa shape index (κ1) is 17.9. The molecule has 6 nitrogen and oxygen atoms in total. The smallest absolute Gasteiger partial charge is 0.240 e. The molecule has 0 unspecified atom stereocenters. The molecule has 0 bridgehead atoms. The van der Waals surface area contributed by atoms with Gasteiger partial charge in [-0.05, 0) is 37.1 Å². The molecule has 1 rings (SSSR count). The van der Waals surface area contributed by atoms with Gasteiger partial charge in [-0.15, -0.1) is 0 Å². The van der Waals surface area contributed by atoms with E-state index in [9.17, 15) is 8.42 Å². The van der Waals surface area contributed by atoms with Gasteiger partial charge in [-0.1, -0.05) is 6.92 Å². The van der Waals surface area contributed by atoms with Crippen LogP contribution in [0.5, 0.6) is 5.75 Å². The summed E-state index contributed by atoms with van der Waals surface area (Å²) in [6.07, 6.45) is 1.46. The number of nitrogens with one attached hydrogen (secondary N) is 1. The van der Waals surface area contributed by atoms with Gasteiger partial charge < -0.3 is 14.6 Å². The van der Waals surface area contributed by atoms with Crippen LogP contribution in [0.1, 0.15) is 19.8 Å². The Balaban J connectivity index is 2.42. The van der Waals surface area contributed by atoms with E-state index >= 15 is 0 Å². The lowest BCUT2D eigenvalue weighted by atomic mass is 10.3. The van der Waals surface area contributed by atoms with Crippen molar-refractivity contribution in [1.29, 1.82) is 0 Å². The lowest BCUT2D eigenvalue weighted by Gasteiger charge is -2.08. The SMILES string of the molecule is CCCOc1ccc(S(=O)(=O)NCCCOCCO)cc1. The number of aliphatic hydroxyl groups excluding tert-OH is 1. The van der Waals surface area contributed by atoms with Gasteiger partial charge in [0.15, 0.2) is 0 Å². The molecular weight excluding hydrogens is 294 g/mol. The monoisotopic (exact) mass is 317 g/mol. The third-order valence-corrected chi connectivity index (χ3v) is 4.08. The standard InChI is InChI=1S/C14H23NO5S/c1-2-10-20-13-4-6-14(7-5-13)21(17,18)15-8-3-11-19-12-9-16/h4-7,15-16H,2-3,8-12H2,1H3. The van der Waals surface area contributed by atoms with Gasteiger partial charge in [-0.25, -0.2) is 13.1 Å². The average molecular weight is 317 g/mol. The number of aliphatic hydroxyl groups is 1. The van der Waals surface area contributed by atoms with E-state index in [1.807, 2.05) is 6.92 Å². The van der Waals surface area contributed by atoms with Crippen LogP contribution in [0.3, 0.4) is 0 Å². The summed E-state index contributed by atoms with van der Waals surface area (Å²) in [5.41, 5.74) is 0. The van der Waals surface area contributed by atoms with E-state index in [0.717, 1.165) is 6.42 Å². The summed E-state index contributed by atoms with van der Waals surface area (Å²) in [5, 5.41) is 8.53. The fraction of sp³-hybridized carbons (Fsp3) is 0.571. The predicted molar refractivity (Wildman–Crippen MR) is 79.9 cm³/mol. The second-order valence-corrected chi connectivity index (χ2v) is 6.17. The minimum atomic E-state index is -3.50. The highest BCUT2D eigenvalue weighted by Crippen LogP contribution is 2.16. The van der Waals surface area contributed by atoms with Crippen LogP contribution in [-0.2, 0) is 14.8 Å². The zero-order valence-electron chi connectivity index (χ0n) is 12.2. The summed E-state index contributed by atoms with van der Waals surface area (Å²) >= 11 is 0. The van der Waals surface area contributed by atoms with Crippen molar-refractivity contribution in [3.8, 4) is 5.75 Å². The highest BCUT2D eigenvalue weighted by Gasteiger charge is 2.12. The first-order valence-corrected chi connectivity index (χ1v) is 8.49. The zero-order chi connectivity index (χ0) is 15.6. The molecule has 0 aromatic heterocycles. The number of sulfonamides is 1. The van der Waals surface area contributed by atoms with Crippen LogP contribution >= 0.6 is 0 Å². The van der Waals surface area contributed by atoms with Gasteiger partial charge in [-0.2, -0.15) is 0 Å². The summed E-state index contributed by atoms with van der Waals surface area (Å²) in [4.78, 5) is 0.211. The van der Waals surface area contributed by atoms with Crippen molar-refractivity contribution in [3.05, 3.63) is 24.3 Å². The summed E-state index contributed by atoms with van der Waals surface area (Å²) < 4.78 is 37.0. The maximum Gasteiger partial charge on any atom is 0.240 e. The molecule has 1 aromatic rings.